The molecule has 0 amide bonds. The Morgan fingerprint density at radius 1 is 1.56 bits per heavy atom. The van der Waals surface area contributed by atoms with Gasteiger partial charge in [-0.15, -0.1) is 11.3 Å². The number of rotatable bonds is 3. The van der Waals surface area contributed by atoms with Crippen molar-refractivity contribution in [2.45, 2.75) is 13.5 Å². The Kier molecular flexibility index (Phi) is 3.84. The van der Waals surface area contributed by atoms with Crippen LogP contribution in [-0.4, -0.2) is 4.98 Å². The second-order valence-electron chi connectivity index (χ2n) is 3.38. The SMILES string of the molecule is Cc1cc(NCc2sccc2Br)cnc1Cl. The molecule has 2 nitrogen and oxygen atoms in total. The Bertz CT molecular complexity index is 498. The molecular formula is C11H10BrClN2S. The highest BCUT2D eigenvalue weighted by atomic mass is 79.9. The lowest BCUT2D eigenvalue weighted by Crippen LogP contribution is -1.99. The molecule has 16 heavy (non-hydrogen) atoms. The van der Waals surface area contributed by atoms with E-state index < -0.39 is 0 Å². The van der Waals surface area contributed by atoms with Crippen molar-refractivity contribution < 1.29 is 0 Å². The summed E-state index contributed by atoms with van der Waals surface area (Å²) in [4.78, 5) is 5.37. The van der Waals surface area contributed by atoms with Gasteiger partial charge in [-0.25, -0.2) is 4.98 Å². The Balaban J connectivity index is 2.05. The lowest BCUT2D eigenvalue weighted by molar-refractivity contribution is 1.16. The minimum Gasteiger partial charge on any atom is -0.379 e. The van der Waals surface area contributed by atoms with Gasteiger partial charge in [-0.1, -0.05) is 11.6 Å². The van der Waals surface area contributed by atoms with Crippen LogP contribution in [0.4, 0.5) is 5.69 Å². The first-order valence-corrected chi connectivity index (χ1v) is 6.80. The smallest absolute Gasteiger partial charge is 0.132 e. The minimum absolute atomic E-state index is 0.558. The van der Waals surface area contributed by atoms with Crippen molar-refractivity contribution in [1.82, 2.24) is 4.98 Å². The maximum absolute atomic E-state index is 5.86. The van der Waals surface area contributed by atoms with E-state index in [1.54, 1.807) is 17.5 Å². The van der Waals surface area contributed by atoms with E-state index in [-0.39, 0.29) is 0 Å². The molecule has 0 aliphatic heterocycles. The van der Waals surface area contributed by atoms with E-state index in [4.69, 9.17) is 11.6 Å². The number of aromatic nitrogens is 1. The van der Waals surface area contributed by atoms with E-state index >= 15 is 0 Å². The van der Waals surface area contributed by atoms with Crippen molar-refractivity contribution in [2.24, 2.45) is 0 Å². The van der Waals surface area contributed by atoms with Crippen LogP contribution < -0.4 is 5.32 Å². The molecular weight excluding hydrogens is 308 g/mol. The highest BCUT2D eigenvalue weighted by Crippen LogP contribution is 2.24. The van der Waals surface area contributed by atoms with Crippen LogP contribution in [0.25, 0.3) is 0 Å². The summed E-state index contributed by atoms with van der Waals surface area (Å²) in [6.07, 6.45) is 1.75. The van der Waals surface area contributed by atoms with Gasteiger partial charge in [0, 0.05) is 9.35 Å². The monoisotopic (exact) mass is 316 g/mol. The van der Waals surface area contributed by atoms with Gasteiger partial charge in [0.2, 0.25) is 0 Å². The fourth-order valence-corrected chi connectivity index (χ4v) is 2.82. The van der Waals surface area contributed by atoms with Crippen molar-refractivity contribution in [1.29, 1.82) is 0 Å². The van der Waals surface area contributed by atoms with Crippen LogP contribution in [0.15, 0.2) is 28.2 Å². The molecule has 2 heterocycles. The number of aryl methyl sites for hydroxylation is 1. The van der Waals surface area contributed by atoms with Crippen LogP contribution in [0.1, 0.15) is 10.4 Å². The number of halogens is 2. The van der Waals surface area contributed by atoms with Crippen molar-refractivity contribution in [3.05, 3.63) is 43.8 Å². The molecule has 84 valence electrons. The molecule has 0 saturated heterocycles. The van der Waals surface area contributed by atoms with E-state index in [0.29, 0.717) is 5.15 Å². The zero-order valence-electron chi connectivity index (χ0n) is 8.63. The fraction of sp³-hybridized carbons (Fsp3) is 0.182. The van der Waals surface area contributed by atoms with Gasteiger partial charge >= 0.3 is 0 Å². The Morgan fingerprint density at radius 2 is 2.38 bits per heavy atom. The molecule has 2 rings (SSSR count). The van der Waals surface area contributed by atoms with E-state index in [1.807, 2.05) is 19.1 Å². The van der Waals surface area contributed by atoms with Gasteiger partial charge in [-0.3, -0.25) is 0 Å². The van der Waals surface area contributed by atoms with Crippen molar-refractivity contribution in [3.8, 4) is 0 Å². The van der Waals surface area contributed by atoms with E-state index in [0.717, 1.165) is 22.3 Å². The second-order valence-corrected chi connectivity index (χ2v) is 5.59. The Morgan fingerprint density at radius 3 is 3.00 bits per heavy atom. The van der Waals surface area contributed by atoms with Crippen molar-refractivity contribution >= 4 is 44.6 Å². The average Bonchev–Trinajstić information content (AvgIpc) is 2.66. The summed E-state index contributed by atoms with van der Waals surface area (Å²) >= 11 is 11.1. The largest absolute Gasteiger partial charge is 0.379 e. The molecule has 0 saturated carbocycles. The normalized spacial score (nSPS) is 10.4. The topological polar surface area (TPSA) is 24.9 Å². The molecule has 0 aromatic carbocycles. The van der Waals surface area contributed by atoms with Crippen LogP contribution in [0.2, 0.25) is 5.15 Å². The summed E-state index contributed by atoms with van der Waals surface area (Å²) < 4.78 is 1.14. The van der Waals surface area contributed by atoms with Crippen LogP contribution >= 0.6 is 38.9 Å². The zero-order valence-corrected chi connectivity index (χ0v) is 11.8. The quantitative estimate of drug-likeness (QED) is 0.844. The third kappa shape index (κ3) is 2.75. The molecule has 1 N–H and O–H groups in total. The molecule has 0 aliphatic carbocycles. The molecule has 0 bridgehead atoms. The molecule has 0 unspecified atom stereocenters. The summed E-state index contributed by atoms with van der Waals surface area (Å²) in [6.45, 7) is 2.74. The third-order valence-corrected chi connectivity index (χ3v) is 4.48. The summed E-state index contributed by atoms with van der Waals surface area (Å²) in [5.41, 5.74) is 1.97. The van der Waals surface area contributed by atoms with Crippen LogP contribution in [0, 0.1) is 6.92 Å². The highest BCUT2D eigenvalue weighted by Gasteiger charge is 2.02. The fourth-order valence-electron chi connectivity index (χ4n) is 1.29. The standard InChI is InChI=1S/C11H10BrClN2S/c1-7-4-8(5-15-11(7)13)14-6-10-9(12)2-3-16-10/h2-5,14H,6H2,1H3. The number of thiophene rings is 1. The molecule has 0 radical (unpaired) electrons. The lowest BCUT2D eigenvalue weighted by atomic mass is 10.3. The first-order valence-electron chi connectivity index (χ1n) is 4.74. The van der Waals surface area contributed by atoms with Crippen LogP contribution in [0.5, 0.6) is 0 Å². The Hall–Kier alpha value is -0.580. The maximum Gasteiger partial charge on any atom is 0.132 e. The number of nitrogens with zero attached hydrogens (tertiary/aromatic N) is 1. The number of hydrogen-bond donors (Lipinski definition) is 1. The Labute approximate surface area is 112 Å². The van der Waals surface area contributed by atoms with Crippen molar-refractivity contribution in [2.75, 3.05) is 5.32 Å². The highest BCUT2D eigenvalue weighted by molar-refractivity contribution is 9.10. The lowest BCUT2D eigenvalue weighted by Gasteiger charge is -2.06. The van der Waals surface area contributed by atoms with Crippen molar-refractivity contribution in [3.63, 3.8) is 0 Å². The van der Waals surface area contributed by atoms with E-state index in [2.05, 4.69) is 31.6 Å². The van der Waals surface area contributed by atoms with Gasteiger partial charge in [0.15, 0.2) is 0 Å². The average molecular weight is 318 g/mol. The first kappa shape index (κ1) is 11.9. The van der Waals surface area contributed by atoms with E-state index in [9.17, 15) is 0 Å². The summed E-state index contributed by atoms with van der Waals surface area (Å²) in [7, 11) is 0. The minimum atomic E-state index is 0.558. The van der Waals surface area contributed by atoms with E-state index in [1.165, 1.54) is 4.88 Å². The van der Waals surface area contributed by atoms with Crippen LogP contribution in [0.3, 0.4) is 0 Å². The molecule has 0 atom stereocenters. The number of hydrogen-bond acceptors (Lipinski definition) is 3. The van der Waals surface area contributed by atoms with Gasteiger partial charge in [-0.2, -0.15) is 0 Å². The summed E-state index contributed by atoms with van der Waals surface area (Å²) in [5.74, 6) is 0. The van der Waals surface area contributed by atoms with Gasteiger partial charge in [0.05, 0.1) is 18.4 Å². The third-order valence-electron chi connectivity index (χ3n) is 2.16. The van der Waals surface area contributed by atoms with Gasteiger partial charge in [0.25, 0.3) is 0 Å². The number of anilines is 1. The molecule has 0 fully saturated rings. The first-order chi connectivity index (χ1) is 7.66. The molecule has 0 spiro atoms. The zero-order chi connectivity index (χ0) is 11.5. The van der Waals surface area contributed by atoms with Crippen LogP contribution in [-0.2, 0) is 6.54 Å². The molecule has 5 heteroatoms. The number of pyridine rings is 1. The van der Waals surface area contributed by atoms with Gasteiger partial charge in [0.1, 0.15) is 5.15 Å². The van der Waals surface area contributed by atoms with Gasteiger partial charge < -0.3 is 5.32 Å². The summed E-state index contributed by atoms with van der Waals surface area (Å²) in [6, 6.07) is 4.05. The predicted octanol–water partition coefficient (Wildman–Crippen LogP) is 4.48. The second kappa shape index (κ2) is 5.17. The number of nitrogens with one attached hydrogen (secondary N) is 1. The predicted molar refractivity (Wildman–Crippen MR) is 73.3 cm³/mol. The molecule has 0 aliphatic rings. The summed E-state index contributed by atoms with van der Waals surface area (Å²) in [5, 5.41) is 5.94. The molecule has 2 aromatic rings. The molecule has 2 aromatic heterocycles. The van der Waals surface area contributed by atoms with Gasteiger partial charge in [-0.05, 0) is 45.9 Å². The maximum atomic E-state index is 5.86.